The highest BCUT2D eigenvalue weighted by molar-refractivity contribution is 5.95. The highest BCUT2D eigenvalue weighted by atomic mass is 16.5. The first-order chi connectivity index (χ1) is 8.16. The minimum absolute atomic E-state index is 0.388. The Bertz CT molecular complexity index is 696. The molecule has 86 valence electrons. The molecule has 0 saturated carbocycles. The summed E-state index contributed by atoms with van der Waals surface area (Å²) < 4.78 is 7.07. The molecule has 5 nitrogen and oxygen atoms in total. The lowest BCUT2D eigenvalue weighted by molar-refractivity contribution is 0.436. The molecule has 0 aliphatic rings. The van der Waals surface area contributed by atoms with Gasteiger partial charge in [0, 0.05) is 24.1 Å². The second kappa shape index (κ2) is 3.35. The van der Waals surface area contributed by atoms with Crippen molar-refractivity contribution in [1.29, 1.82) is 0 Å². The van der Waals surface area contributed by atoms with E-state index in [0.717, 1.165) is 22.2 Å². The van der Waals surface area contributed by atoms with Crippen molar-refractivity contribution >= 4 is 16.7 Å². The summed E-state index contributed by atoms with van der Waals surface area (Å²) in [5.74, 6) is 1.06. The molecule has 0 spiro atoms. The number of aromatic nitrogens is 3. The molecule has 0 aliphatic carbocycles. The number of hydrogen-bond donors (Lipinski definition) is 1. The van der Waals surface area contributed by atoms with E-state index < -0.39 is 0 Å². The fourth-order valence-electron chi connectivity index (χ4n) is 2.14. The van der Waals surface area contributed by atoms with Crippen molar-refractivity contribution in [3.63, 3.8) is 0 Å². The van der Waals surface area contributed by atoms with Crippen LogP contribution in [0.25, 0.3) is 22.2 Å². The number of fused-ring (bicyclic) bond motifs is 1. The van der Waals surface area contributed by atoms with Crippen molar-refractivity contribution in [3.05, 3.63) is 30.0 Å². The van der Waals surface area contributed by atoms with Crippen LogP contribution in [0.4, 0.5) is 5.82 Å². The largest absolute Gasteiger partial charge is 0.381 e. The van der Waals surface area contributed by atoms with Crippen LogP contribution in [-0.2, 0) is 7.05 Å². The Kier molecular flexibility index (Phi) is 1.95. The smallest absolute Gasteiger partial charge is 0.169 e. The van der Waals surface area contributed by atoms with Gasteiger partial charge in [0.15, 0.2) is 11.6 Å². The van der Waals surface area contributed by atoms with Crippen LogP contribution in [-0.4, -0.2) is 14.9 Å². The Balaban J connectivity index is 2.37. The first-order valence-corrected chi connectivity index (χ1v) is 5.31. The highest BCUT2D eigenvalue weighted by Gasteiger charge is 2.13. The zero-order valence-corrected chi connectivity index (χ0v) is 9.64. The molecule has 1 aromatic carbocycles. The molecular formula is C12H12N4O. The number of benzene rings is 1. The van der Waals surface area contributed by atoms with Crippen LogP contribution in [0.15, 0.2) is 28.8 Å². The quantitative estimate of drug-likeness (QED) is 0.692. The predicted octanol–water partition coefficient (Wildman–Crippen LogP) is 2.12. The van der Waals surface area contributed by atoms with Crippen molar-refractivity contribution in [1.82, 2.24) is 14.9 Å². The van der Waals surface area contributed by atoms with Gasteiger partial charge in [-0.3, -0.25) is 4.68 Å². The first kappa shape index (κ1) is 9.89. The molecule has 17 heavy (non-hydrogen) atoms. The molecule has 3 aromatic rings. The van der Waals surface area contributed by atoms with Crippen LogP contribution in [0, 0.1) is 6.92 Å². The van der Waals surface area contributed by atoms with E-state index in [1.54, 1.807) is 6.07 Å². The van der Waals surface area contributed by atoms with E-state index in [4.69, 9.17) is 10.3 Å². The van der Waals surface area contributed by atoms with E-state index in [1.165, 1.54) is 0 Å². The fraction of sp³-hybridized carbons (Fsp3) is 0.167. The molecule has 0 saturated heterocycles. The SMILES string of the molecule is Cc1nn(C)c2cccc(-c3cc(N)no3)c12. The maximum Gasteiger partial charge on any atom is 0.169 e. The van der Waals surface area contributed by atoms with Crippen LogP contribution in [0.1, 0.15) is 5.69 Å². The van der Waals surface area contributed by atoms with Gasteiger partial charge in [0.1, 0.15) is 0 Å². The van der Waals surface area contributed by atoms with Gasteiger partial charge in [-0.2, -0.15) is 5.10 Å². The number of rotatable bonds is 1. The lowest BCUT2D eigenvalue weighted by atomic mass is 10.1. The lowest BCUT2D eigenvalue weighted by Crippen LogP contribution is -1.88. The summed E-state index contributed by atoms with van der Waals surface area (Å²) >= 11 is 0. The molecule has 2 N–H and O–H groups in total. The van der Waals surface area contributed by atoms with Crippen LogP contribution < -0.4 is 5.73 Å². The molecule has 3 rings (SSSR count). The summed E-state index contributed by atoms with van der Waals surface area (Å²) in [6.07, 6.45) is 0. The number of nitrogens with two attached hydrogens (primary N) is 1. The standard InChI is InChI=1S/C12H12N4O/c1-7-12-8(10-6-11(13)15-17-10)4-3-5-9(12)16(2)14-7/h3-6H,1-2H3,(H2,13,15). The van der Waals surface area contributed by atoms with Gasteiger partial charge < -0.3 is 10.3 Å². The van der Waals surface area contributed by atoms with Crippen LogP contribution in [0.5, 0.6) is 0 Å². The van der Waals surface area contributed by atoms with Crippen molar-refractivity contribution in [2.45, 2.75) is 6.92 Å². The Morgan fingerprint density at radius 3 is 2.88 bits per heavy atom. The molecule has 0 radical (unpaired) electrons. The van der Waals surface area contributed by atoms with E-state index in [-0.39, 0.29) is 0 Å². The summed E-state index contributed by atoms with van der Waals surface area (Å²) in [5, 5.41) is 9.19. The number of hydrogen-bond acceptors (Lipinski definition) is 4. The summed E-state index contributed by atoms with van der Waals surface area (Å²) in [6, 6.07) is 7.70. The maximum absolute atomic E-state index is 5.58. The monoisotopic (exact) mass is 228 g/mol. The Morgan fingerprint density at radius 2 is 2.18 bits per heavy atom. The minimum Gasteiger partial charge on any atom is -0.381 e. The van der Waals surface area contributed by atoms with Crippen molar-refractivity contribution in [2.75, 3.05) is 5.73 Å². The molecular weight excluding hydrogens is 216 g/mol. The molecule has 0 amide bonds. The second-order valence-corrected chi connectivity index (χ2v) is 4.02. The molecule has 0 aliphatic heterocycles. The molecule has 5 heteroatoms. The highest BCUT2D eigenvalue weighted by Crippen LogP contribution is 2.31. The fourth-order valence-corrected chi connectivity index (χ4v) is 2.14. The van der Waals surface area contributed by atoms with E-state index in [2.05, 4.69) is 10.3 Å². The van der Waals surface area contributed by atoms with E-state index in [9.17, 15) is 0 Å². The predicted molar refractivity (Wildman–Crippen MR) is 65.4 cm³/mol. The number of aryl methyl sites for hydroxylation is 2. The van der Waals surface area contributed by atoms with Gasteiger partial charge >= 0.3 is 0 Å². The average molecular weight is 228 g/mol. The van der Waals surface area contributed by atoms with Crippen LogP contribution in [0.2, 0.25) is 0 Å². The van der Waals surface area contributed by atoms with Crippen LogP contribution >= 0.6 is 0 Å². The van der Waals surface area contributed by atoms with Gasteiger partial charge in [-0.15, -0.1) is 0 Å². The van der Waals surface area contributed by atoms with Gasteiger partial charge in [-0.25, -0.2) is 0 Å². The van der Waals surface area contributed by atoms with E-state index in [0.29, 0.717) is 11.6 Å². The number of nitrogen functional groups attached to an aromatic ring is 1. The van der Waals surface area contributed by atoms with Crippen molar-refractivity contribution in [3.8, 4) is 11.3 Å². The summed E-state index contributed by atoms with van der Waals surface area (Å²) in [4.78, 5) is 0. The first-order valence-electron chi connectivity index (χ1n) is 5.31. The van der Waals surface area contributed by atoms with E-state index in [1.807, 2.05) is 36.9 Å². The molecule has 2 aromatic heterocycles. The normalized spacial score (nSPS) is 11.2. The Labute approximate surface area is 97.8 Å². The third kappa shape index (κ3) is 1.39. The molecule has 0 atom stereocenters. The summed E-state index contributed by atoms with van der Waals surface area (Å²) in [6.45, 7) is 1.98. The zero-order valence-electron chi connectivity index (χ0n) is 9.64. The minimum atomic E-state index is 0.388. The molecule has 0 bridgehead atoms. The van der Waals surface area contributed by atoms with Gasteiger partial charge in [0.05, 0.1) is 11.2 Å². The second-order valence-electron chi connectivity index (χ2n) is 4.02. The number of anilines is 1. The number of nitrogens with zero attached hydrogens (tertiary/aromatic N) is 3. The Morgan fingerprint density at radius 1 is 1.35 bits per heavy atom. The maximum atomic E-state index is 5.58. The van der Waals surface area contributed by atoms with Crippen LogP contribution in [0.3, 0.4) is 0 Å². The zero-order chi connectivity index (χ0) is 12.0. The van der Waals surface area contributed by atoms with Gasteiger partial charge in [0.2, 0.25) is 0 Å². The Hall–Kier alpha value is -2.30. The van der Waals surface area contributed by atoms with Crippen molar-refractivity contribution in [2.24, 2.45) is 7.05 Å². The van der Waals surface area contributed by atoms with Gasteiger partial charge in [-0.1, -0.05) is 17.3 Å². The van der Waals surface area contributed by atoms with Crippen molar-refractivity contribution < 1.29 is 4.52 Å². The third-order valence-electron chi connectivity index (χ3n) is 2.85. The third-order valence-corrected chi connectivity index (χ3v) is 2.85. The summed E-state index contributed by atoms with van der Waals surface area (Å²) in [5.41, 5.74) is 8.58. The lowest BCUT2D eigenvalue weighted by Gasteiger charge is -1.99. The summed E-state index contributed by atoms with van der Waals surface area (Å²) in [7, 11) is 1.92. The average Bonchev–Trinajstić information content (AvgIpc) is 2.85. The topological polar surface area (TPSA) is 69.9 Å². The molecule has 2 heterocycles. The molecule has 0 fully saturated rings. The molecule has 0 unspecified atom stereocenters. The van der Waals surface area contributed by atoms with Gasteiger partial charge in [0.25, 0.3) is 0 Å². The van der Waals surface area contributed by atoms with E-state index >= 15 is 0 Å². The van der Waals surface area contributed by atoms with Gasteiger partial charge in [-0.05, 0) is 13.0 Å².